The van der Waals surface area contributed by atoms with E-state index in [0.717, 1.165) is 12.5 Å². The fourth-order valence-electron chi connectivity index (χ4n) is 2.30. The largest absolute Gasteiger partial charge is 0.252 e. The molecule has 2 aliphatic carbocycles. The predicted octanol–water partition coefficient (Wildman–Crippen LogP) is 1.08. The smallest absolute Gasteiger partial charge is 0.137 e. The Morgan fingerprint density at radius 3 is 3.09 bits per heavy atom. The Bertz CT molecular complexity index is 263. The van der Waals surface area contributed by atoms with Gasteiger partial charge in [0.15, 0.2) is 0 Å². The van der Waals surface area contributed by atoms with Gasteiger partial charge in [-0.3, -0.25) is 4.68 Å². The van der Waals surface area contributed by atoms with Gasteiger partial charge < -0.3 is 0 Å². The molecule has 2 fully saturated rings. The minimum absolute atomic E-state index is 0.674. The average Bonchev–Trinajstić information content (AvgIpc) is 2.45. The maximum atomic E-state index is 4.12. The molecule has 11 heavy (non-hydrogen) atoms. The van der Waals surface area contributed by atoms with Crippen LogP contribution < -0.4 is 0 Å². The average molecular weight is 149 g/mol. The van der Waals surface area contributed by atoms with Gasteiger partial charge in [-0.2, -0.15) is 5.10 Å². The van der Waals surface area contributed by atoms with Crippen LogP contribution in [0, 0.1) is 11.3 Å². The van der Waals surface area contributed by atoms with Crippen molar-refractivity contribution >= 4 is 0 Å². The zero-order valence-corrected chi connectivity index (χ0v) is 6.40. The van der Waals surface area contributed by atoms with Crippen molar-refractivity contribution in [1.82, 2.24) is 14.8 Å². The molecule has 0 aromatic carbocycles. The Morgan fingerprint density at radius 2 is 2.64 bits per heavy atom. The van der Waals surface area contributed by atoms with Gasteiger partial charge >= 0.3 is 0 Å². The quantitative estimate of drug-likeness (QED) is 0.630. The second-order valence-corrected chi connectivity index (χ2v) is 3.90. The fraction of sp³-hybridized carbons (Fsp3) is 0.750. The highest BCUT2D eigenvalue weighted by Crippen LogP contribution is 2.68. The van der Waals surface area contributed by atoms with Crippen molar-refractivity contribution in [2.45, 2.75) is 25.8 Å². The van der Waals surface area contributed by atoms with E-state index in [2.05, 4.69) is 10.1 Å². The number of hydrogen-bond acceptors (Lipinski definition) is 2. The first kappa shape index (κ1) is 5.75. The van der Waals surface area contributed by atoms with E-state index in [-0.39, 0.29) is 0 Å². The van der Waals surface area contributed by atoms with Crippen LogP contribution in [0.4, 0.5) is 0 Å². The summed E-state index contributed by atoms with van der Waals surface area (Å²) < 4.78 is 1.97. The van der Waals surface area contributed by atoms with E-state index in [0.29, 0.717) is 5.41 Å². The first-order valence-electron chi connectivity index (χ1n) is 4.21. The summed E-state index contributed by atoms with van der Waals surface area (Å²) >= 11 is 0. The molecule has 2 atom stereocenters. The minimum Gasteiger partial charge on any atom is -0.252 e. The third kappa shape index (κ3) is 0.682. The van der Waals surface area contributed by atoms with Crippen LogP contribution in [0.25, 0.3) is 0 Å². The van der Waals surface area contributed by atoms with Gasteiger partial charge in [0.1, 0.15) is 12.7 Å². The van der Waals surface area contributed by atoms with Crippen molar-refractivity contribution in [3.05, 3.63) is 12.7 Å². The molecule has 2 saturated carbocycles. The van der Waals surface area contributed by atoms with Gasteiger partial charge in [0.05, 0.1) is 0 Å². The van der Waals surface area contributed by atoms with E-state index in [1.807, 2.05) is 11.0 Å². The van der Waals surface area contributed by atoms with Crippen LogP contribution in [0.2, 0.25) is 0 Å². The van der Waals surface area contributed by atoms with Crippen molar-refractivity contribution in [3.8, 4) is 0 Å². The zero-order chi connectivity index (χ0) is 7.31. The molecule has 58 valence electrons. The molecular weight excluding hydrogens is 138 g/mol. The summed E-state index contributed by atoms with van der Waals surface area (Å²) in [5.74, 6) is 1.03. The number of hydrogen-bond donors (Lipinski definition) is 0. The Kier molecular flexibility index (Phi) is 0.864. The van der Waals surface area contributed by atoms with Crippen LogP contribution >= 0.6 is 0 Å². The van der Waals surface area contributed by atoms with Gasteiger partial charge in [0.25, 0.3) is 0 Å². The molecule has 2 unspecified atom stereocenters. The molecule has 0 radical (unpaired) electrons. The highest BCUT2D eigenvalue weighted by atomic mass is 15.3. The molecule has 2 aliphatic rings. The first-order valence-corrected chi connectivity index (χ1v) is 4.21. The standard InChI is InChI=1S/C8H11N3/c1-2-8(3-7(1)8)4-11-6-9-5-10-11/h5-7H,1-4H2. The minimum atomic E-state index is 0.674. The van der Waals surface area contributed by atoms with Crippen molar-refractivity contribution < 1.29 is 0 Å². The summed E-state index contributed by atoms with van der Waals surface area (Å²) in [5.41, 5.74) is 0.674. The lowest BCUT2D eigenvalue weighted by Crippen LogP contribution is -2.21. The number of nitrogens with zero attached hydrogens (tertiary/aromatic N) is 3. The third-order valence-electron chi connectivity index (χ3n) is 3.29. The van der Waals surface area contributed by atoms with E-state index >= 15 is 0 Å². The van der Waals surface area contributed by atoms with E-state index in [9.17, 15) is 0 Å². The van der Waals surface area contributed by atoms with E-state index in [1.165, 1.54) is 19.3 Å². The lowest BCUT2D eigenvalue weighted by Gasteiger charge is -2.24. The first-order chi connectivity index (χ1) is 5.39. The monoisotopic (exact) mass is 149 g/mol. The molecule has 1 aromatic heterocycles. The molecule has 0 N–H and O–H groups in total. The number of fused-ring (bicyclic) bond motifs is 1. The van der Waals surface area contributed by atoms with Crippen LogP contribution in [0.5, 0.6) is 0 Å². The summed E-state index contributed by atoms with van der Waals surface area (Å²) in [5, 5.41) is 4.12. The number of aromatic nitrogens is 3. The molecule has 0 saturated heterocycles. The van der Waals surface area contributed by atoms with Crippen molar-refractivity contribution in [1.29, 1.82) is 0 Å². The Morgan fingerprint density at radius 1 is 1.64 bits per heavy atom. The highest BCUT2D eigenvalue weighted by Gasteiger charge is 2.60. The maximum Gasteiger partial charge on any atom is 0.137 e. The van der Waals surface area contributed by atoms with Crippen molar-refractivity contribution in [2.24, 2.45) is 11.3 Å². The summed E-state index contributed by atoms with van der Waals surface area (Å²) in [6.45, 7) is 1.11. The summed E-state index contributed by atoms with van der Waals surface area (Å²) in [6.07, 6.45) is 7.74. The van der Waals surface area contributed by atoms with Gasteiger partial charge in [-0.05, 0) is 30.6 Å². The fourth-order valence-corrected chi connectivity index (χ4v) is 2.30. The Balaban J connectivity index is 1.76. The molecule has 0 bridgehead atoms. The molecule has 0 aliphatic heterocycles. The Labute approximate surface area is 65.4 Å². The molecule has 1 aromatic rings. The van der Waals surface area contributed by atoms with Crippen molar-refractivity contribution in [2.75, 3.05) is 0 Å². The lowest BCUT2D eigenvalue weighted by atomic mass is 9.85. The zero-order valence-electron chi connectivity index (χ0n) is 6.40. The predicted molar refractivity (Wildman–Crippen MR) is 39.8 cm³/mol. The second kappa shape index (κ2) is 1.65. The Hall–Kier alpha value is -0.860. The van der Waals surface area contributed by atoms with Crippen LogP contribution in [-0.4, -0.2) is 14.8 Å². The van der Waals surface area contributed by atoms with Crippen LogP contribution in [-0.2, 0) is 6.54 Å². The van der Waals surface area contributed by atoms with Crippen molar-refractivity contribution in [3.63, 3.8) is 0 Å². The molecule has 0 spiro atoms. The lowest BCUT2D eigenvalue weighted by molar-refractivity contribution is 0.243. The van der Waals surface area contributed by atoms with Crippen LogP contribution in [0.1, 0.15) is 19.3 Å². The normalized spacial score (nSPS) is 39.5. The maximum absolute atomic E-state index is 4.12. The van der Waals surface area contributed by atoms with E-state index in [1.54, 1.807) is 6.33 Å². The number of rotatable bonds is 2. The van der Waals surface area contributed by atoms with Gasteiger partial charge in [-0.1, -0.05) is 0 Å². The molecular formula is C8H11N3. The van der Waals surface area contributed by atoms with Gasteiger partial charge in [0.2, 0.25) is 0 Å². The molecule has 3 rings (SSSR count). The van der Waals surface area contributed by atoms with Gasteiger partial charge in [0, 0.05) is 6.54 Å². The summed E-state index contributed by atoms with van der Waals surface area (Å²) in [7, 11) is 0. The SMILES string of the molecule is c1ncn(CC23CCC2C3)n1. The molecule has 3 heteroatoms. The second-order valence-electron chi connectivity index (χ2n) is 3.90. The van der Waals surface area contributed by atoms with E-state index < -0.39 is 0 Å². The topological polar surface area (TPSA) is 30.7 Å². The third-order valence-corrected chi connectivity index (χ3v) is 3.29. The van der Waals surface area contributed by atoms with Gasteiger partial charge in [-0.25, -0.2) is 4.98 Å². The highest BCUT2D eigenvalue weighted by molar-refractivity contribution is 5.09. The van der Waals surface area contributed by atoms with E-state index in [4.69, 9.17) is 0 Å². The van der Waals surface area contributed by atoms with Gasteiger partial charge in [-0.15, -0.1) is 0 Å². The molecule has 0 amide bonds. The summed E-state index contributed by atoms with van der Waals surface area (Å²) in [6, 6.07) is 0. The van der Waals surface area contributed by atoms with Crippen LogP contribution in [0.15, 0.2) is 12.7 Å². The molecule has 1 heterocycles. The van der Waals surface area contributed by atoms with Crippen LogP contribution in [0.3, 0.4) is 0 Å². The summed E-state index contributed by atoms with van der Waals surface area (Å²) in [4.78, 5) is 3.94. The molecule has 3 nitrogen and oxygen atoms in total.